The standard InChI is InChI=1S/C19H21ClFN3O3S/c1-13(14-4-6-16(21)7-5-14)23-19(25)15-8-11-24(12-9-15)28(26,27)17-3-2-10-22-18(17)20/h2-7,10,13,15H,8-9,11-12H2,1H3,(H,23,25). The normalized spacial score (nSPS) is 17.2. The number of hydrogen-bond acceptors (Lipinski definition) is 4. The van der Waals surface area contributed by atoms with Gasteiger partial charge in [-0.05, 0) is 49.6 Å². The molecule has 9 heteroatoms. The molecule has 1 saturated heterocycles. The van der Waals surface area contributed by atoms with Crippen molar-refractivity contribution in [2.24, 2.45) is 5.92 Å². The van der Waals surface area contributed by atoms with E-state index in [1.807, 2.05) is 6.92 Å². The highest BCUT2D eigenvalue weighted by Crippen LogP contribution is 2.27. The fraction of sp³-hybridized carbons (Fsp3) is 0.368. The molecule has 1 N–H and O–H groups in total. The molecule has 0 saturated carbocycles. The second-order valence-corrected chi connectivity index (χ2v) is 9.02. The number of carbonyl (C=O) groups excluding carboxylic acids is 1. The lowest BCUT2D eigenvalue weighted by Crippen LogP contribution is -2.43. The van der Waals surface area contributed by atoms with Gasteiger partial charge in [-0.3, -0.25) is 4.79 Å². The molecule has 1 atom stereocenters. The topological polar surface area (TPSA) is 79.4 Å². The monoisotopic (exact) mass is 425 g/mol. The summed E-state index contributed by atoms with van der Waals surface area (Å²) in [6.07, 6.45) is 2.26. The predicted molar refractivity (Wildman–Crippen MR) is 104 cm³/mol. The molecule has 3 rings (SSSR count). The molecule has 1 fully saturated rings. The van der Waals surface area contributed by atoms with Crippen molar-refractivity contribution >= 4 is 27.5 Å². The Kier molecular flexibility index (Phi) is 6.32. The van der Waals surface area contributed by atoms with E-state index in [1.165, 1.54) is 34.8 Å². The first-order valence-corrected chi connectivity index (χ1v) is 10.8. The van der Waals surface area contributed by atoms with Crippen molar-refractivity contribution in [2.75, 3.05) is 13.1 Å². The number of nitrogens with zero attached hydrogens (tertiary/aromatic N) is 2. The van der Waals surface area contributed by atoms with Gasteiger partial charge in [0.15, 0.2) is 0 Å². The molecule has 0 radical (unpaired) electrons. The molecule has 2 aromatic rings. The molecule has 2 heterocycles. The van der Waals surface area contributed by atoms with Gasteiger partial charge in [0.05, 0.1) is 6.04 Å². The number of benzene rings is 1. The Morgan fingerprint density at radius 1 is 1.25 bits per heavy atom. The van der Waals surface area contributed by atoms with Gasteiger partial charge in [0, 0.05) is 25.2 Å². The van der Waals surface area contributed by atoms with Crippen molar-refractivity contribution < 1.29 is 17.6 Å². The Bertz CT molecular complexity index is 945. The molecule has 0 aliphatic carbocycles. The molecule has 28 heavy (non-hydrogen) atoms. The van der Waals surface area contributed by atoms with Gasteiger partial charge >= 0.3 is 0 Å². The molecule has 1 amide bonds. The van der Waals surface area contributed by atoms with Crippen LogP contribution in [0, 0.1) is 11.7 Å². The lowest BCUT2D eigenvalue weighted by Gasteiger charge is -2.31. The SMILES string of the molecule is CC(NC(=O)C1CCN(S(=O)(=O)c2cccnc2Cl)CC1)c1ccc(F)cc1. The van der Waals surface area contributed by atoms with E-state index < -0.39 is 10.0 Å². The number of sulfonamides is 1. The van der Waals surface area contributed by atoms with Crippen LogP contribution in [-0.4, -0.2) is 36.7 Å². The number of aromatic nitrogens is 1. The summed E-state index contributed by atoms with van der Waals surface area (Å²) < 4.78 is 39.9. The molecule has 1 aromatic carbocycles. The zero-order valence-corrected chi connectivity index (χ0v) is 16.9. The van der Waals surface area contributed by atoms with E-state index in [0.29, 0.717) is 12.8 Å². The summed E-state index contributed by atoms with van der Waals surface area (Å²) in [4.78, 5) is 16.3. The fourth-order valence-electron chi connectivity index (χ4n) is 3.23. The average Bonchev–Trinajstić information content (AvgIpc) is 2.68. The van der Waals surface area contributed by atoms with E-state index in [1.54, 1.807) is 12.1 Å². The minimum absolute atomic E-state index is 0.0236. The van der Waals surface area contributed by atoms with E-state index in [4.69, 9.17) is 11.6 Å². The van der Waals surface area contributed by atoms with Gasteiger partial charge in [0.1, 0.15) is 15.9 Å². The highest BCUT2D eigenvalue weighted by atomic mass is 35.5. The van der Waals surface area contributed by atoms with Crippen LogP contribution >= 0.6 is 11.6 Å². The largest absolute Gasteiger partial charge is 0.349 e. The second kappa shape index (κ2) is 8.55. The number of rotatable bonds is 5. The molecular formula is C19H21ClFN3O3S. The third-order valence-corrected chi connectivity index (χ3v) is 7.24. The quantitative estimate of drug-likeness (QED) is 0.746. The number of halogens is 2. The molecule has 150 valence electrons. The van der Waals surface area contributed by atoms with Gasteiger partial charge in [-0.2, -0.15) is 4.31 Å². The third kappa shape index (κ3) is 4.51. The van der Waals surface area contributed by atoms with Crippen LogP contribution in [-0.2, 0) is 14.8 Å². The summed E-state index contributed by atoms with van der Waals surface area (Å²) in [5.74, 6) is -0.739. The smallest absolute Gasteiger partial charge is 0.246 e. The molecule has 1 unspecified atom stereocenters. The molecule has 0 spiro atoms. The fourth-order valence-corrected chi connectivity index (χ4v) is 5.12. The highest BCUT2D eigenvalue weighted by Gasteiger charge is 2.33. The van der Waals surface area contributed by atoms with Crippen molar-refractivity contribution in [3.63, 3.8) is 0 Å². The molecule has 0 bridgehead atoms. The Hall–Kier alpha value is -2.03. The zero-order valence-electron chi connectivity index (χ0n) is 15.3. The summed E-state index contributed by atoms with van der Waals surface area (Å²) in [6, 6.07) is 8.66. The first-order valence-electron chi connectivity index (χ1n) is 8.95. The molecule has 1 aliphatic heterocycles. The van der Waals surface area contributed by atoms with Crippen molar-refractivity contribution in [3.05, 3.63) is 59.1 Å². The minimum atomic E-state index is -3.74. The maximum Gasteiger partial charge on any atom is 0.246 e. The summed E-state index contributed by atoms with van der Waals surface area (Å²) in [5, 5.41) is 2.86. The first-order chi connectivity index (χ1) is 13.3. The zero-order chi connectivity index (χ0) is 20.3. The maximum atomic E-state index is 13.0. The van der Waals surface area contributed by atoms with Gasteiger partial charge in [0.2, 0.25) is 15.9 Å². The third-order valence-electron chi connectivity index (χ3n) is 4.90. The Balaban J connectivity index is 1.59. The van der Waals surface area contributed by atoms with E-state index in [2.05, 4.69) is 10.3 Å². The summed E-state index contributed by atoms with van der Waals surface area (Å²) in [7, 11) is -3.74. The lowest BCUT2D eigenvalue weighted by molar-refractivity contribution is -0.126. The highest BCUT2D eigenvalue weighted by molar-refractivity contribution is 7.89. The predicted octanol–water partition coefficient (Wildman–Crippen LogP) is 3.15. The molecule has 1 aromatic heterocycles. The Labute approximate surface area is 168 Å². The lowest BCUT2D eigenvalue weighted by atomic mass is 9.96. The first kappa shape index (κ1) is 20.7. The molecular weight excluding hydrogens is 405 g/mol. The number of piperidine rings is 1. The van der Waals surface area contributed by atoms with Gasteiger partial charge < -0.3 is 5.32 Å². The number of amides is 1. The summed E-state index contributed by atoms with van der Waals surface area (Å²) in [5.41, 5.74) is 0.806. The Morgan fingerprint density at radius 2 is 1.89 bits per heavy atom. The van der Waals surface area contributed by atoms with Gasteiger partial charge in [-0.25, -0.2) is 17.8 Å². The maximum absolute atomic E-state index is 13.0. The average molecular weight is 426 g/mol. The minimum Gasteiger partial charge on any atom is -0.349 e. The molecule has 1 aliphatic rings. The van der Waals surface area contributed by atoms with Crippen LogP contribution in [0.5, 0.6) is 0 Å². The van der Waals surface area contributed by atoms with Crippen LogP contribution in [0.2, 0.25) is 5.15 Å². The van der Waals surface area contributed by atoms with Crippen LogP contribution in [0.15, 0.2) is 47.5 Å². The van der Waals surface area contributed by atoms with Crippen LogP contribution in [0.4, 0.5) is 4.39 Å². The number of nitrogens with one attached hydrogen (secondary N) is 1. The van der Waals surface area contributed by atoms with Crippen molar-refractivity contribution in [1.29, 1.82) is 0 Å². The summed E-state index contributed by atoms with van der Waals surface area (Å²) in [6.45, 7) is 2.29. The molecule has 6 nitrogen and oxygen atoms in total. The van der Waals surface area contributed by atoms with Gasteiger partial charge in [-0.1, -0.05) is 23.7 Å². The van der Waals surface area contributed by atoms with E-state index >= 15 is 0 Å². The van der Waals surface area contributed by atoms with E-state index in [-0.39, 0.29) is 46.8 Å². The number of pyridine rings is 1. The van der Waals surface area contributed by atoms with Crippen LogP contribution < -0.4 is 5.32 Å². The van der Waals surface area contributed by atoms with Crippen molar-refractivity contribution in [1.82, 2.24) is 14.6 Å². The van der Waals surface area contributed by atoms with Crippen molar-refractivity contribution in [2.45, 2.75) is 30.7 Å². The number of carbonyl (C=O) groups is 1. The van der Waals surface area contributed by atoms with Gasteiger partial charge in [-0.15, -0.1) is 0 Å². The van der Waals surface area contributed by atoms with E-state index in [0.717, 1.165) is 5.56 Å². The second-order valence-electron chi connectivity index (χ2n) is 6.75. The Morgan fingerprint density at radius 3 is 2.50 bits per heavy atom. The summed E-state index contributed by atoms with van der Waals surface area (Å²) >= 11 is 5.93. The van der Waals surface area contributed by atoms with Crippen molar-refractivity contribution in [3.8, 4) is 0 Å². The van der Waals surface area contributed by atoms with E-state index in [9.17, 15) is 17.6 Å². The van der Waals surface area contributed by atoms with Crippen LogP contribution in [0.3, 0.4) is 0 Å². The van der Waals surface area contributed by atoms with Gasteiger partial charge in [0.25, 0.3) is 0 Å². The number of hydrogen-bond donors (Lipinski definition) is 1. The van der Waals surface area contributed by atoms with Crippen LogP contribution in [0.1, 0.15) is 31.4 Å². The van der Waals surface area contributed by atoms with Crippen LogP contribution in [0.25, 0.3) is 0 Å².